The van der Waals surface area contributed by atoms with Gasteiger partial charge in [0.05, 0.1) is 18.8 Å². The Bertz CT molecular complexity index is 569. The second-order valence-electron chi connectivity index (χ2n) is 5.23. The van der Waals surface area contributed by atoms with E-state index in [9.17, 15) is 0 Å². The first kappa shape index (κ1) is 15.5. The van der Waals surface area contributed by atoms with Gasteiger partial charge in [-0.3, -0.25) is 4.98 Å². The Hall–Kier alpha value is -1.87. The smallest absolute Gasteiger partial charge is 0.141 e. The number of benzene rings is 1. The van der Waals surface area contributed by atoms with Gasteiger partial charge in [0.25, 0.3) is 0 Å². The van der Waals surface area contributed by atoms with Crippen molar-refractivity contribution in [3.05, 3.63) is 59.4 Å². The van der Waals surface area contributed by atoms with E-state index in [0.717, 1.165) is 30.8 Å². The lowest BCUT2D eigenvalue weighted by Gasteiger charge is -2.19. The molecule has 2 rings (SSSR count). The van der Waals surface area contributed by atoms with Crippen LogP contribution in [0.15, 0.2) is 42.6 Å². The van der Waals surface area contributed by atoms with Gasteiger partial charge >= 0.3 is 0 Å². The molecule has 0 amide bonds. The van der Waals surface area contributed by atoms with Crippen LogP contribution in [0.4, 0.5) is 0 Å². The van der Waals surface area contributed by atoms with Crippen molar-refractivity contribution in [2.45, 2.75) is 32.7 Å². The highest BCUT2D eigenvalue weighted by molar-refractivity contribution is 5.30. The summed E-state index contributed by atoms with van der Waals surface area (Å²) < 4.78 is 5.44. The molecule has 1 atom stereocenters. The number of methoxy groups -OCH3 is 1. The Morgan fingerprint density at radius 1 is 1.24 bits per heavy atom. The summed E-state index contributed by atoms with van der Waals surface area (Å²) in [5.41, 5.74) is 3.67. The third-order valence-electron chi connectivity index (χ3n) is 3.60. The van der Waals surface area contributed by atoms with Crippen LogP contribution in [0.2, 0.25) is 0 Å². The van der Waals surface area contributed by atoms with Gasteiger partial charge in [-0.1, -0.05) is 36.8 Å². The predicted molar refractivity (Wildman–Crippen MR) is 86.7 cm³/mol. The van der Waals surface area contributed by atoms with Gasteiger partial charge < -0.3 is 10.1 Å². The summed E-state index contributed by atoms with van der Waals surface area (Å²) in [5, 5.41) is 3.52. The third kappa shape index (κ3) is 4.30. The molecule has 0 bridgehead atoms. The van der Waals surface area contributed by atoms with Crippen molar-refractivity contribution in [1.29, 1.82) is 0 Å². The standard InChI is InChI=1S/C18H24N2O/c1-4-19-16(18-17(21-3)9-6-12-20-18)11-10-15-8-5-7-14(2)13-15/h5-9,12-13,16,19H,4,10-11H2,1-3H3. The first-order valence-electron chi connectivity index (χ1n) is 7.52. The van der Waals surface area contributed by atoms with Crippen LogP contribution in [0.1, 0.15) is 36.2 Å². The normalized spacial score (nSPS) is 12.1. The molecular weight excluding hydrogens is 260 g/mol. The fourth-order valence-electron chi connectivity index (χ4n) is 2.60. The van der Waals surface area contributed by atoms with Crippen LogP contribution in [0.5, 0.6) is 5.75 Å². The van der Waals surface area contributed by atoms with Gasteiger partial charge in [-0.05, 0) is 44.0 Å². The molecule has 1 aromatic carbocycles. The van der Waals surface area contributed by atoms with Crippen LogP contribution in [-0.2, 0) is 6.42 Å². The van der Waals surface area contributed by atoms with E-state index in [1.807, 2.05) is 18.3 Å². The number of pyridine rings is 1. The van der Waals surface area contributed by atoms with Crippen LogP contribution in [0.25, 0.3) is 0 Å². The van der Waals surface area contributed by atoms with Gasteiger partial charge in [0.15, 0.2) is 0 Å². The minimum Gasteiger partial charge on any atom is -0.495 e. The topological polar surface area (TPSA) is 34.2 Å². The maximum Gasteiger partial charge on any atom is 0.141 e. The van der Waals surface area contributed by atoms with Crippen molar-refractivity contribution in [3.63, 3.8) is 0 Å². The Morgan fingerprint density at radius 3 is 2.81 bits per heavy atom. The number of ether oxygens (including phenoxy) is 1. The Morgan fingerprint density at radius 2 is 2.10 bits per heavy atom. The third-order valence-corrected chi connectivity index (χ3v) is 3.60. The zero-order valence-electron chi connectivity index (χ0n) is 13.1. The molecule has 0 spiro atoms. The SMILES string of the molecule is CCNC(CCc1cccc(C)c1)c1ncccc1OC. The van der Waals surface area contributed by atoms with Crippen molar-refractivity contribution in [3.8, 4) is 5.75 Å². The minimum atomic E-state index is 0.215. The quantitative estimate of drug-likeness (QED) is 0.842. The molecule has 0 radical (unpaired) electrons. The van der Waals surface area contributed by atoms with Crippen molar-refractivity contribution in [2.24, 2.45) is 0 Å². The monoisotopic (exact) mass is 284 g/mol. The van der Waals surface area contributed by atoms with Gasteiger partial charge in [-0.2, -0.15) is 0 Å². The zero-order chi connectivity index (χ0) is 15.1. The summed E-state index contributed by atoms with van der Waals surface area (Å²) in [6.45, 7) is 5.17. The summed E-state index contributed by atoms with van der Waals surface area (Å²) >= 11 is 0. The average molecular weight is 284 g/mol. The van der Waals surface area contributed by atoms with Gasteiger partial charge in [0.1, 0.15) is 5.75 Å². The lowest BCUT2D eigenvalue weighted by Crippen LogP contribution is -2.23. The predicted octanol–water partition coefficient (Wildman–Crippen LogP) is 3.68. The first-order chi connectivity index (χ1) is 10.2. The molecule has 1 unspecified atom stereocenters. The fraction of sp³-hybridized carbons (Fsp3) is 0.389. The molecule has 112 valence electrons. The molecule has 3 nitrogen and oxygen atoms in total. The van der Waals surface area contributed by atoms with E-state index in [-0.39, 0.29) is 6.04 Å². The second kappa shape index (κ2) is 7.79. The molecule has 0 aliphatic rings. The number of nitrogens with zero attached hydrogens (tertiary/aromatic N) is 1. The zero-order valence-corrected chi connectivity index (χ0v) is 13.1. The van der Waals surface area contributed by atoms with Crippen molar-refractivity contribution >= 4 is 0 Å². The summed E-state index contributed by atoms with van der Waals surface area (Å²) in [5.74, 6) is 0.854. The number of rotatable bonds is 7. The van der Waals surface area contributed by atoms with Crippen molar-refractivity contribution < 1.29 is 4.74 Å². The number of hydrogen-bond acceptors (Lipinski definition) is 3. The molecule has 1 aromatic heterocycles. The van der Waals surface area contributed by atoms with Gasteiger partial charge in [-0.25, -0.2) is 0 Å². The number of aryl methyl sites for hydroxylation is 2. The molecule has 0 aliphatic heterocycles. The van der Waals surface area contributed by atoms with Crippen LogP contribution in [-0.4, -0.2) is 18.6 Å². The van der Waals surface area contributed by atoms with Crippen LogP contribution in [0.3, 0.4) is 0 Å². The van der Waals surface area contributed by atoms with Crippen LogP contribution >= 0.6 is 0 Å². The molecule has 0 saturated carbocycles. The van der Waals surface area contributed by atoms with Gasteiger partial charge in [-0.15, -0.1) is 0 Å². The molecule has 1 N–H and O–H groups in total. The van der Waals surface area contributed by atoms with Crippen LogP contribution < -0.4 is 10.1 Å². The Kier molecular flexibility index (Phi) is 5.76. The molecular formula is C18H24N2O. The highest BCUT2D eigenvalue weighted by Crippen LogP contribution is 2.26. The largest absolute Gasteiger partial charge is 0.495 e. The number of nitrogens with one attached hydrogen (secondary N) is 1. The molecule has 21 heavy (non-hydrogen) atoms. The summed E-state index contributed by atoms with van der Waals surface area (Å²) in [7, 11) is 1.70. The van der Waals surface area contributed by atoms with Crippen LogP contribution in [0, 0.1) is 6.92 Å². The van der Waals surface area contributed by atoms with E-state index >= 15 is 0 Å². The number of hydrogen-bond donors (Lipinski definition) is 1. The van der Waals surface area contributed by atoms with E-state index in [1.54, 1.807) is 7.11 Å². The van der Waals surface area contributed by atoms with E-state index in [2.05, 4.69) is 48.4 Å². The molecule has 0 saturated heterocycles. The van der Waals surface area contributed by atoms with Gasteiger partial charge in [0, 0.05) is 6.20 Å². The molecule has 3 heteroatoms. The Labute approximate surface area is 127 Å². The molecule has 0 fully saturated rings. The maximum atomic E-state index is 5.44. The minimum absolute atomic E-state index is 0.215. The highest BCUT2D eigenvalue weighted by Gasteiger charge is 2.16. The highest BCUT2D eigenvalue weighted by atomic mass is 16.5. The van der Waals surface area contributed by atoms with Crippen molar-refractivity contribution in [2.75, 3.05) is 13.7 Å². The summed E-state index contributed by atoms with van der Waals surface area (Å²) in [6.07, 6.45) is 3.86. The lowest BCUT2D eigenvalue weighted by molar-refractivity contribution is 0.390. The van der Waals surface area contributed by atoms with Crippen molar-refractivity contribution in [1.82, 2.24) is 10.3 Å². The van der Waals surface area contributed by atoms with E-state index in [1.165, 1.54) is 11.1 Å². The second-order valence-corrected chi connectivity index (χ2v) is 5.23. The van der Waals surface area contributed by atoms with E-state index in [0.29, 0.717) is 0 Å². The molecule has 0 aliphatic carbocycles. The lowest BCUT2D eigenvalue weighted by atomic mass is 10.0. The molecule has 2 aromatic rings. The van der Waals surface area contributed by atoms with E-state index < -0.39 is 0 Å². The Balaban J connectivity index is 2.12. The van der Waals surface area contributed by atoms with E-state index in [4.69, 9.17) is 4.74 Å². The molecule has 1 heterocycles. The first-order valence-corrected chi connectivity index (χ1v) is 7.52. The average Bonchev–Trinajstić information content (AvgIpc) is 2.51. The summed E-state index contributed by atoms with van der Waals surface area (Å²) in [6, 6.07) is 12.8. The van der Waals surface area contributed by atoms with Gasteiger partial charge in [0.2, 0.25) is 0 Å². The maximum absolute atomic E-state index is 5.44. The number of aromatic nitrogens is 1. The summed E-state index contributed by atoms with van der Waals surface area (Å²) in [4.78, 5) is 4.51. The fourth-order valence-corrected chi connectivity index (χ4v) is 2.60.